The predicted octanol–water partition coefficient (Wildman–Crippen LogP) is 4.54. The topological polar surface area (TPSA) is 65.5 Å². The van der Waals surface area contributed by atoms with Gasteiger partial charge in [-0.3, -0.25) is 9.78 Å². The molecule has 0 N–H and O–H groups in total. The quantitative estimate of drug-likeness (QED) is 0.514. The van der Waals surface area contributed by atoms with Gasteiger partial charge in [-0.25, -0.2) is 4.79 Å². The fourth-order valence-electron chi connectivity index (χ4n) is 2.34. The Hall–Kier alpha value is -2.69. The molecule has 0 saturated carbocycles. The number of hydrogen-bond donors (Lipinski definition) is 0. The molecule has 0 saturated heterocycles. The summed E-state index contributed by atoms with van der Waals surface area (Å²) < 4.78 is 10.7. The number of aryl methyl sites for hydroxylation is 2. The molecule has 0 fully saturated rings. The second-order valence-corrected chi connectivity index (χ2v) is 6.30. The molecule has 2 aromatic rings. The normalized spacial score (nSPS) is 10.4. The number of benzene rings is 1. The van der Waals surface area contributed by atoms with Crippen molar-refractivity contribution in [3.8, 4) is 5.75 Å². The third-order valence-electron chi connectivity index (χ3n) is 3.97. The zero-order chi connectivity index (χ0) is 18.9. The predicted molar refractivity (Wildman–Crippen MR) is 99.0 cm³/mol. The highest BCUT2D eigenvalue weighted by Gasteiger charge is 2.12. The van der Waals surface area contributed by atoms with Gasteiger partial charge in [-0.1, -0.05) is 37.5 Å². The van der Waals surface area contributed by atoms with Crippen LogP contribution in [0.4, 0.5) is 0 Å². The summed E-state index contributed by atoms with van der Waals surface area (Å²) in [6, 6.07) is 8.85. The summed E-state index contributed by atoms with van der Waals surface area (Å²) in [7, 11) is 0. The van der Waals surface area contributed by atoms with Crippen LogP contribution in [0.25, 0.3) is 0 Å². The van der Waals surface area contributed by atoms with Gasteiger partial charge in [0.05, 0.1) is 11.3 Å². The molecule has 0 aliphatic heterocycles. The molecule has 2 rings (SSSR count). The van der Waals surface area contributed by atoms with E-state index >= 15 is 0 Å². The first-order valence-electron chi connectivity index (χ1n) is 8.89. The Morgan fingerprint density at radius 2 is 1.81 bits per heavy atom. The summed E-state index contributed by atoms with van der Waals surface area (Å²) in [5, 5.41) is 0. The molecular formula is C21H25NO4. The molecule has 0 amide bonds. The summed E-state index contributed by atoms with van der Waals surface area (Å²) in [5.41, 5.74) is 2.83. The molecule has 1 aromatic heterocycles. The first-order valence-corrected chi connectivity index (χ1v) is 8.89. The van der Waals surface area contributed by atoms with Crippen molar-refractivity contribution >= 4 is 11.9 Å². The molecule has 0 unspecified atom stereocenters. The highest BCUT2D eigenvalue weighted by Crippen LogP contribution is 2.19. The Balaban J connectivity index is 1.97. The van der Waals surface area contributed by atoms with Crippen LogP contribution in [-0.2, 0) is 16.1 Å². The van der Waals surface area contributed by atoms with Crippen LogP contribution in [0.1, 0.15) is 59.8 Å². The van der Waals surface area contributed by atoms with E-state index in [4.69, 9.17) is 9.47 Å². The summed E-state index contributed by atoms with van der Waals surface area (Å²) in [6.07, 6.45) is 4.95. The van der Waals surface area contributed by atoms with E-state index in [1.54, 1.807) is 31.3 Å². The summed E-state index contributed by atoms with van der Waals surface area (Å²) in [5.74, 6) is -0.295. The van der Waals surface area contributed by atoms with Gasteiger partial charge in [0.25, 0.3) is 0 Å². The van der Waals surface area contributed by atoms with Crippen LogP contribution in [0, 0.1) is 13.8 Å². The lowest BCUT2D eigenvalue weighted by molar-refractivity contribution is -0.145. The third kappa shape index (κ3) is 5.99. The molecule has 0 atom stereocenters. The van der Waals surface area contributed by atoms with Crippen LogP contribution in [0.5, 0.6) is 5.75 Å². The van der Waals surface area contributed by atoms with Crippen molar-refractivity contribution in [2.45, 2.75) is 53.1 Å². The van der Waals surface area contributed by atoms with Crippen LogP contribution in [0.3, 0.4) is 0 Å². The number of hydrogen-bond acceptors (Lipinski definition) is 5. The summed E-state index contributed by atoms with van der Waals surface area (Å²) in [4.78, 5) is 28.2. The van der Waals surface area contributed by atoms with Crippen molar-refractivity contribution in [3.63, 3.8) is 0 Å². The number of esters is 2. The minimum atomic E-state index is -0.441. The standard InChI is InChI=1S/C21H25NO4/c1-4-5-6-7-20(23)25-14-17-12-19(16(3)22-13-17)26-21(24)18-10-8-15(2)9-11-18/h8-13H,4-7,14H2,1-3H3. The van der Waals surface area contributed by atoms with Gasteiger partial charge >= 0.3 is 11.9 Å². The fraction of sp³-hybridized carbons (Fsp3) is 0.381. The lowest BCUT2D eigenvalue weighted by Gasteiger charge is -2.10. The van der Waals surface area contributed by atoms with Crippen molar-refractivity contribution in [2.24, 2.45) is 0 Å². The van der Waals surface area contributed by atoms with Crippen LogP contribution in [-0.4, -0.2) is 16.9 Å². The van der Waals surface area contributed by atoms with Crippen LogP contribution in [0.2, 0.25) is 0 Å². The summed E-state index contributed by atoms with van der Waals surface area (Å²) >= 11 is 0. The van der Waals surface area contributed by atoms with Crippen LogP contribution in [0.15, 0.2) is 36.5 Å². The largest absolute Gasteiger partial charge is 0.461 e. The van der Waals surface area contributed by atoms with E-state index in [-0.39, 0.29) is 12.6 Å². The first-order chi connectivity index (χ1) is 12.5. The lowest BCUT2D eigenvalue weighted by Crippen LogP contribution is -2.10. The third-order valence-corrected chi connectivity index (χ3v) is 3.97. The van der Waals surface area contributed by atoms with Gasteiger partial charge in [0.1, 0.15) is 6.61 Å². The molecule has 0 bridgehead atoms. The molecule has 26 heavy (non-hydrogen) atoms. The van der Waals surface area contributed by atoms with Gasteiger partial charge in [0, 0.05) is 18.2 Å². The van der Waals surface area contributed by atoms with Crippen molar-refractivity contribution in [2.75, 3.05) is 0 Å². The minimum Gasteiger partial charge on any atom is -0.461 e. The SMILES string of the molecule is CCCCCC(=O)OCc1cnc(C)c(OC(=O)c2ccc(C)cc2)c1. The van der Waals surface area contributed by atoms with Crippen LogP contribution >= 0.6 is 0 Å². The lowest BCUT2D eigenvalue weighted by atomic mass is 10.1. The van der Waals surface area contributed by atoms with E-state index in [1.807, 2.05) is 19.1 Å². The fourth-order valence-corrected chi connectivity index (χ4v) is 2.34. The summed E-state index contributed by atoms with van der Waals surface area (Å²) in [6.45, 7) is 5.92. The smallest absolute Gasteiger partial charge is 0.343 e. The number of pyridine rings is 1. The Kier molecular flexibility index (Phi) is 7.33. The van der Waals surface area contributed by atoms with E-state index < -0.39 is 5.97 Å². The zero-order valence-electron chi connectivity index (χ0n) is 15.6. The molecule has 1 heterocycles. The highest BCUT2D eigenvalue weighted by atomic mass is 16.5. The molecule has 0 radical (unpaired) electrons. The maximum atomic E-state index is 12.3. The Morgan fingerprint density at radius 3 is 2.50 bits per heavy atom. The number of unbranched alkanes of at least 4 members (excludes halogenated alkanes) is 2. The second-order valence-electron chi connectivity index (χ2n) is 6.30. The van der Waals surface area contributed by atoms with E-state index in [0.717, 1.165) is 24.8 Å². The van der Waals surface area contributed by atoms with Crippen molar-refractivity contribution in [3.05, 3.63) is 58.9 Å². The monoisotopic (exact) mass is 355 g/mol. The molecule has 0 aliphatic rings. The molecule has 0 spiro atoms. The number of rotatable bonds is 8. The number of ether oxygens (including phenoxy) is 2. The number of carbonyl (C=O) groups excluding carboxylic acids is 2. The zero-order valence-corrected chi connectivity index (χ0v) is 15.6. The molecule has 5 nitrogen and oxygen atoms in total. The van der Waals surface area contributed by atoms with E-state index in [2.05, 4.69) is 11.9 Å². The Morgan fingerprint density at radius 1 is 1.08 bits per heavy atom. The Labute approximate surface area is 154 Å². The first kappa shape index (κ1) is 19.6. The highest BCUT2D eigenvalue weighted by molar-refractivity contribution is 5.91. The van der Waals surface area contributed by atoms with Gasteiger partial charge in [-0.05, 0) is 38.5 Å². The number of aromatic nitrogens is 1. The van der Waals surface area contributed by atoms with Gasteiger partial charge in [-0.2, -0.15) is 0 Å². The maximum Gasteiger partial charge on any atom is 0.343 e. The van der Waals surface area contributed by atoms with Gasteiger partial charge in [0.2, 0.25) is 0 Å². The Bertz CT molecular complexity index is 753. The van der Waals surface area contributed by atoms with Crippen molar-refractivity contribution in [1.29, 1.82) is 0 Å². The van der Waals surface area contributed by atoms with E-state index in [0.29, 0.717) is 29.0 Å². The number of carbonyl (C=O) groups is 2. The molecule has 138 valence electrons. The number of nitrogens with zero attached hydrogens (tertiary/aromatic N) is 1. The molecule has 0 aliphatic carbocycles. The minimum absolute atomic E-state index is 0.118. The average molecular weight is 355 g/mol. The molecule has 5 heteroatoms. The average Bonchev–Trinajstić information content (AvgIpc) is 2.63. The van der Waals surface area contributed by atoms with Gasteiger partial charge < -0.3 is 9.47 Å². The maximum absolute atomic E-state index is 12.3. The molecule has 1 aromatic carbocycles. The van der Waals surface area contributed by atoms with Crippen molar-refractivity contribution < 1.29 is 19.1 Å². The van der Waals surface area contributed by atoms with E-state index in [1.165, 1.54) is 0 Å². The van der Waals surface area contributed by atoms with Crippen molar-refractivity contribution in [1.82, 2.24) is 4.98 Å². The van der Waals surface area contributed by atoms with Gasteiger partial charge in [0.15, 0.2) is 5.75 Å². The second kappa shape index (κ2) is 9.70. The van der Waals surface area contributed by atoms with Gasteiger partial charge in [-0.15, -0.1) is 0 Å². The molecular weight excluding hydrogens is 330 g/mol. The van der Waals surface area contributed by atoms with E-state index in [9.17, 15) is 9.59 Å². The van der Waals surface area contributed by atoms with Crippen LogP contribution < -0.4 is 4.74 Å².